The molecule has 0 saturated heterocycles. The maximum absolute atomic E-state index is 13.1. The number of fused-ring (bicyclic) bond motifs is 1. The normalized spacial score (nSPS) is 19.1. The Labute approximate surface area is 116 Å². The molecule has 1 unspecified atom stereocenters. The molecule has 1 atom stereocenters. The van der Waals surface area contributed by atoms with Crippen molar-refractivity contribution in [1.29, 1.82) is 0 Å². The fraction of sp³-hybridized carbons (Fsp3) is 0.643. The molecular weight excluding hydrogens is 269 g/mol. The van der Waals surface area contributed by atoms with Crippen LogP contribution in [-0.2, 0) is 23.9 Å². The number of carbonyl (C=O) groups excluding carboxylic acids is 1. The van der Waals surface area contributed by atoms with Gasteiger partial charge in [-0.05, 0) is 24.8 Å². The Kier molecular flexibility index (Phi) is 3.84. The van der Waals surface area contributed by atoms with Gasteiger partial charge in [-0.25, -0.2) is 0 Å². The van der Waals surface area contributed by atoms with Gasteiger partial charge in [-0.15, -0.1) is 0 Å². The number of aryl methyl sites for hydroxylation is 1. The van der Waals surface area contributed by atoms with Gasteiger partial charge in [0.2, 0.25) is 5.91 Å². The molecule has 0 bridgehead atoms. The second-order valence-electron chi connectivity index (χ2n) is 5.63. The van der Waals surface area contributed by atoms with Crippen LogP contribution in [0.2, 0.25) is 0 Å². The first-order chi connectivity index (χ1) is 9.20. The molecule has 1 aromatic heterocycles. The van der Waals surface area contributed by atoms with Crippen molar-refractivity contribution in [3.05, 3.63) is 23.0 Å². The van der Waals surface area contributed by atoms with Crippen molar-refractivity contribution in [3.63, 3.8) is 0 Å². The molecule has 6 heteroatoms. The van der Waals surface area contributed by atoms with Gasteiger partial charge in [0.15, 0.2) is 0 Å². The highest BCUT2D eigenvalue weighted by molar-refractivity contribution is 5.73. The van der Waals surface area contributed by atoms with E-state index in [2.05, 4.69) is 5.32 Å². The first kappa shape index (κ1) is 14.9. The van der Waals surface area contributed by atoms with Crippen LogP contribution in [0.15, 0.2) is 6.07 Å². The molecule has 1 N–H and O–H groups in total. The van der Waals surface area contributed by atoms with Gasteiger partial charge in [0.05, 0.1) is 5.56 Å². The molecule has 0 fully saturated rings. The van der Waals surface area contributed by atoms with Gasteiger partial charge in [-0.3, -0.25) is 4.79 Å². The molecule has 0 saturated carbocycles. The Morgan fingerprint density at radius 1 is 1.45 bits per heavy atom. The van der Waals surface area contributed by atoms with Gasteiger partial charge in [0, 0.05) is 30.9 Å². The second-order valence-corrected chi connectivity index (χ2v) is 5.63. The standard InChI is InChI=1S/C14H19F3N2O/c1-8(2)13-12(14(15,16)17)6-11-5-4-10(7-19(11)13)18-9(3)20/h6,8,10H,4-5,7H2,1-3H3,(H,18,20). The van der Waals surface area contributed by atoms with Crippen LogP contribution >= 0.6 is 0 Å². The molecule has 0 radical (unpaired) electrons. The lowest BCUT2D eigenvalue weighted by Crippen LogP contribution is -2.40. The number of carbonyl (C=O) groups is 1. The summed E-state index contributed by atoms with van der Waals surface area (Å²) in [6.07, 6.45) is -3.09. The summed E-state index contributed by atoms with van der Waals surface area (Å²) in [5, 5.41) is 2.80. The number of amides is 1. The van der Waals surface area contributed by atoms with Crippen molar-refractivity contribution in [2.45, 2.75) is 58.3 Å². The first-order valence-corrected chi connectivity index (χ1v) is 6.76. The first-order valence-electron chi connectivity index (χ1n) is 6.76. The zero-order valence-corrected chi connectivity index (χ0v) is 11.8. The lowest BCUT2D eigenvalue weighted by Gasteiger charge is -2.28. The summed E-state index contributed by atoms with van der Waals surface area (Å²) in [5.74, 6) is -0.357. The van der Waals surface area contributed by atoms with Crippen molar-refractivity contribution in [2.24, 2.45) is 0 Å². The van der Waals surface area contributed by atoms with Gasteiger partial charge in [0.25, 0.3) is 0 Å². The van der Waals surface area contributed by atoms with Crippen molar-refractivity contribution >= 4 is 5.91 Å². The van der Waals surface area contributed by atoms with Crippen molar-refractivity contribution < 1.29 is 18.0 Å². The number of nitrogens with zero attached hydrogens (tertiary/aromatic N) is 1. The quantitative estimate of drug-likeness (QED) is 0.891. The third-order valence-electron chi connectivity index (χ3n) is 3.64. The van der Waals surface area contributed by atoms with E-state index in [0.717, 1.165) is 0 Å². The lowest BCUT2D eigenvalue weighted by molar-refractivity contribution is -0.138. The molecule has 112 valence electrons. The molecule has 0 spiro atoms. The van der Waals surface area contributed by atoms with E-state index in [0.29, 0.717) is 30.8 Å². The van der Waals surface area contributed by atoms with Gasteiger partial charge < -0.3 is 9.88 Å². The minimum atomic E-state index is -4.33. The third kappa shape index (κ3) is 2.83. The maximum atomic E-state index is 13.1. The summed E-state index contributed by atoms with van der Waals surface area (Å²) in [7, 11) is 0. The van der Waals surface area contributed by atoms with Gasteiger partial charge >= 0.3 is 6.18 Å². The number of hydrogen-bond donors (Lipinski definition) is 1. The van der Waals surface area contributed by atoms with E-state index < -0.39 is 11.7 Å². The summed E-state index contributed by atoms with van der Waals surface area (Å²) in [4.78, 5) is 11.1. The van der Waals surface area contributed by atoms with Crippen molar-refractivity contribution in [1.82, 2.24) is 9.88 Å². The summed E-state index contributed by atoms with van der Waals surface area (Å²) < 4.78 is 41.1. The van der Waals surface area contributed by atoms with Gasteiger partial charge in [-0.1, -0.05) is 13.8 Å². The Bertz CT molecular complexity index is 517. The molecule has 1 aromatic rings. The molecule has 1 aliphatic rings. The Morgan fingerprint density at radius 2 is 2.10 bits per heavy atom. The number of nitrogens with one attached hydrogen (secondary N) is 1. The van der Waals surface area contributed by atoms with E-state index >= 15 is 0 Å². The number of hydrogen-bond acceptors (Lipinski definition) is 1. The number of aromatic nitrogens is 1. The predicted molar refractivity (Wildman–Crippen MR) is 69.4 cm³/mol. The molecule has 0 aliphatic carbocycles. The Balaban J connectivity index is 2.40. The molecule has 0 aromatic carbocycles. The molecule has 3 nitrogen and oxygen atoms in total. The van der Waals surface area contributed by atoms with E-state index in [1.165, 1.54) is 13.0 Å². The minimum Gasteiger partial charge on any atom is -0.352 e. The van der Waals surface area contributed by atoms with Crippen LogP contribution < -0.4 is 5.32 Å². The average molecular weight is 288 g/mol. The van der Waals surface area contributed by atoms with Crippen LogP contribution in [0.25, 0.3) is 0 Å². The highest BCUT2D eigenvalue weighted by Crippen LogP contribution is 2.38. The van der Waals surface area contributed by atoms with E-state index in [1.807, 2.05) is 0 Å². The highest BCUT2D eigenvalue weighted by Gasteiger charge is 2.38. The largest absolute Gasteiger partial charge is 0.418 e. The Hall–Kier alpha value is -1.46. The monoisotopic (exact) mass is 288 g/mol. The minimum absolute atomic E-state index is 0.0917. The van der Waals surface area contributed by atoms with Crippen LogP contribution in [-0.4, -0.2) is 16.5 Å². The van der Waals surface area contributed by atoms with Gasteiger partial charge in [-0.2, -0.15) is 13.2 Å². The topological polar surface area (TPSA) is 34.0 Å². The molecule has 1 aliphatic heterocycles. The van der Waals surface area contributed by atoms with Crippen LogP contribution in [0.4, 0.5) is 13.2 Å². The molecule has 2 heterocycles. The zero-order chi connectivity index (χ0) is 15.1. The van der Waals surface area contributed by atoms with Crippen LogP contribution in [0.1, 0.15) is 50.1 Å². The van der Waals surface area contributed by atoms with Crippen molar-refractivity contribution in [2.75, 3.05) is 0 Å². The van der Waals surface area contributed by atoms with E-state index in [9.17, 15) is 18.0 Å². The summed E-state index contributed by atoms with van der Waals surface area (Å²) in [6.45, 7) is 5.37. The van der Waals surface area contributed by atoms with Crippen molar-refractivity contribution in [3.8, 4) is 0 Å². The molecular formula is C14H19F3N2O. The summed E-state index contributed by atoms with van der Waals surface area (Å²) >= 11 is 0. The van der Waals surface area contributed by atoms with E-state index in [4.69, 9.17) is 0 Å². The fourth-order valence-corrected chi connectivity index (χ4v) is 2.93. The van der Waals surface area contributed by atoms with Crippen LogP contribution in [0.5, 0.6) is 0 Å². The van der Waals surface area contributed by atoms with E-state index in [1.54, 1.807) is 18.4 Å². The number of halogens is 3. The molecule has 1 amide bonds. The maximum Gasteiger partial charge on any atom is 0.418 e. The van der Waals surface area contributed by atoms with Crippen LogP contribution in [0, 0.1) is 0 Å². The highest BCUT2D eigenvalue weighted by atomic mass is 19.4. The summed E-state index contributed by atoms with van der Waals surface area (Å²) in [6, 6.07) is 1.17. The van der Waals surface area contributed by atoms with Gasteiger partial charge in [0.1, 0.15) is 0 Å². The fourth-order valence-electron chi connectivity index (χ4n) is 2.93. The summed E-state index contributed by atoms with van der Waals surface area (Å²) in [5.41, 5.74) is 0.496. The third-order valence-corrected chi connectivity index (χ3v) is 3.64. The van der Waals surface area contributed by atoms with Crippen LogP contribution in [0.3, 0.4) is 0 Å². The Morgan fingerprint density at radius 3 is 2.60 bits per heavy atom. The lowest BCUT2D eigenvalue weighted by atomic mass is 10.0. The van der Waals surface area contributed by atoms with E-state index in [-0.39, 0.29) is 17.9 Å². The SMILES string of the molecule is CC(=O)NC1CCc2cc(C(F)(F)F)c(C(C)C)n2C1. The molecule has 2 rings (SSSR count). The predicted octanol–water partition coefficient (Wildman–Crippen LogP) is 3.08. The number of alkyl halides is 3. The molecule has 20 heavy (non-hydrogen) atoms. The average Bonchev–Trinajstić information content (AvgIpc) is 2.66. The number of rotatable bonds is 2. The second kappa shape index (κ2) is 5.14. The smallest absolute Gasteiger partial charge is 0.352 e. The zero-order valence-electron chi connectivity index (χ0n) is 11.8.